The average molecular weight is 389 g/mol. The molecule has 0 fully saturated rings. The van der Waals surface area contributed by atoms with Crippen LogP contribution < -0.4 is 15.5 Å². The van der Waals surface area contributed by atoms with E-state index in [1.807, 2.05) is 78.9 Å². The molecule has 28 heavy (non-hydrogen) atoms. The Morgan fingerprint density at radius 1 is 0.821 bits per heavy atom. The zero-order chi connectivity index (χ0) is 19.3. The molecule has 0 radical (unpaired) electrons. The van der Waals surface area contributed by atoms with Crippen molar-refractivity contribution in [2.75, 3.05) is 10.6 Å². The van der Waals surface area contributed by atoms with Crippen LogP contribution in [-0.4, -0.2) is 10.5 Å². The van der Waals surface area contributed by atoms with Crippen LogP contribution in [0.15, 0.2) is 83.7 Å². The number of nitrogens with zero attached hydrogens (tertiary/aromatic N) is 1. The number of amides is 1. The summed E-state index contributed by atoms with van der Waals surface area (Å²) in [6.07, 6.45) is 0.241. The highest BCUT2D eigenvalue weighted by atomic mass is 32.1. The molecule has 0 spiro atoms. The molecule has 6 heteroatoms. The van der Waals surface area contributed by atoms with Gasteiger partial charge in [0.05, 0.1) is 10.2 Å². The number of nitrogens with one attached hydrogen (secondary N) is 2. The predicted molar refractivity (Wildman–Crippen MR) is 115 cm³/mol. The van der Waals surface area contributed by atoms with Gasteiger partial charge < -0.3 is 10.6 Å². The molecule has 5 nitrogen and oxygen atoms in total. The van der Waals surface area contributed by atoms with Gasteiger partial charge in [-0.05, 0) is 48.5 Å². The lowest BCUT2D eigenvalue weighted by Gasteiger charge is -2.09. The summed E-state index contributed by atoms with van der Waals surface area (Å²) >= 11 is 1.21. The maximum atomic E-state index is 12.3. The summed E-state index contributed by atoms with van der Waals surface area (Å²) in [6, 6.07) is 25.1. The summed E-state index contributed by atoms with van der Waals surface area (Å²) in [5, 5.41) is 6.19. The average Bonchev–Trinajstić information content (AvgIpc) is 3.04. The number of aromatic nitrogens is 1. The maximum absolute atomic E-state index is 12.3. The topological polar surface area (TPSA) is 63.1 Å². The number of fused-ring (bicyclic) bond motifs is 1. The Balaban J connectivity index is 1.36. The fourth-order valence-corrected chi connectivity index (χ4v) is 3.90. The van der Waals surface area contributed by atoms with E-state index in [2.05, 4.69) is 10.6 Å². The van der Waals surface area contributed by atoms with Crippen LogP contribution >= 0.6 is 11.3 Å². The number of aryl methyl sites for hydroxylation is 1. The van der Waals surface area contributed by atoms with Gasteiger partial charge in [-0.25, -0.2) is 0 Å². The van der Waals surface area contributed by atoms with E-state index in [0.29, 0.717) is 6.54 Å². The van der Waals surface area contributed by atoms with E-state index in [4.69, 9.17) is 0 Å². The van der Waals surface area contributed by atoms with Gasteiger partial charge in [0.25, 0.3) is 0 Å². The highest BCUT2D eigenvalue weighted by Gasteiger charge is 2.09. The highest BCUT2D eigenvalue weighted by Crippen LogP contribution is 2.19. The molecular weight excluding hydrogens is 370 g/mol. The first-order valence-electron chi connectivity index (χ1n) is 8.99. The number of hydrogen-bond donors (Lipinski definition) is 2. The van der Waals surface area contributed by atoms with E-state index in [1.165, 1.54) is 11.3 Å². The van der Waals surface area contributed by atoms with Gasteiger partial charge in [0, 0.05) is 30.0 Å². The van der Waals surface area contributed by atoms with Crippen molar-refractivity contribution in [2.24, 2.45) is 0 Å². The Morgan fingerprint density at radius 2 is 1.46 bits per heavy atom. The Labute approximate surface area is 166 Å². The van der Waals surface area contributed by atoms with E-state index >= 15 is 0 Å². The second-order valence-electron chi connectivity index (χ2n) is 6.35. The first-order valence-corrected chi connectivity index (χ1v) is 9.81. The van der Waals surface area contributed by atoms with Crippen molar-refractivity contribution in [3.63, 3.8) is 0 Å². The molecule has 0 saturated heterocycles. The lowest BCUT2D eigenvalue weighted by molar-refractivity contribution is -0.116. The molecule has 4 rings (SSSR count). The van der Waals surface area contributed by atoms with Gasteiger partial charge in [0.1, 0.15) is 0 Å². The van der Waals surface area contributed by atoms with Crippen LogP contribution in [-0.2, 0) is 11.3 Å². The summed E-state index contributed by atoms with van der Waals surface area (Å²) in [6.45, 7) is 0.363. The molecule has 0 unspecified atom stereocenters. The van der Waals surface area contributed by atoms with E-state index in [0.717, 1.165) is 27.3 Å². The molecule has 1 amide bonds. The van der Waals surface area contributed by atoms with E-state index in [1.54, 1.807) is 4.57 Å². The molecule has 0 atom stereocenters. The normalized spacial score (nSPS) is 10.7. The molecule has 0 aliphatic carbocycles. The van der Waals surface area contributed by atoms with Crippen LogP contribution in [0, 0.1) is 0 Å². The lowest BCUT2D eigenvalue weighted by atomic mass is 10.2. The van der Waals surface area contributed by atoms with Gasteiger partial charge in [0.15, 0.2) is 0 Å². The van der Waals surface area contributed by atoms with Gasteiger partial charge in [-0.1, -0.05) is 41.7 Å². The van der Waals surface area contributed by atoms with E-state index in [-0.39, 0.29) is 17.2 Å². The van der Waals surface area contributed by atoms with Crippen molar-refractivity contribution in [3.8, 4) is 0 Å². The standard InChI is InChI=1S/C22H19N3O2S/c26-21(14-15-25-19-8-4-5-9-20(19)28-22(25)27)24-18-12-10-17(11-13-18)23-16-6-2-1-3-7-16/h1-13,23H,14-15H2,(H,24,26). The molecular formula is C22H19N3O2S. The summed E-state index contributed by atoms with van der Waals surface area (Å²) in [5.74, 6) is -0.119. The molecule has 1 aromatic heterocycles. The summed E-state index contributed by atoms with van der Waals surface area (Å²) in [5.41, 5.74) is 3.56. The number of para-hydroxylation sites is 2. The number of rotatable bonds is 6. The van der Waals surface area contributed by atoms with Crippen molar-refractivity contribution in [1.82, 2.24) is 4.57 Å². The zero-order valence-corrected chi connectivity index (χ0v) is 15.9. The number of hydrogen-bond acceptors (Lipinski definition) is 4. The number of benzene rings is 3. The van der Waals surface area contributed by atoms with Gasteiger partial charge >= 0.3 is 4.87 Å². The fourth-order valence-electron chi connectivity index (χ4n) is 2.99. The molecule has 0 bridgehead atoms. The minimum atomic E-state index is -0.119. The molecule has 4 aromatic rings. The van der Waals surface area contributed by atoms with Crippen molar-refractivity contribution < 1.29 is 4.79 Å². The predicted octanol–water partition coefficient (Wildman–Crippen LogP) is 4.84. The minimum Gasteiger partial charge on any atom is -0.356 e. The summed E-state index contributed by atoms with van der Waals surface area (Å²) in [7, 11) is 0. The second-order valence-corrected chi connectivity index (χ2v) is 7.35. The molecule has 2 N–H and O–H groups in total. The summed E-state index contributed by atoms with van der Waals surface area (Å²) in [4.78, 5) is 24.4. The van der Waals surface area contributed by atoms with Crippen molar-refractivity contribution in [1.29, 1.82) is 0 Å². The zero-order valence-electron chi connectivity index (χ0n) is 15.1. The third-order valence-electron chi connectivity index (χ3n) is 4.37. The van der Waals surface area contributed by atoms with Gasteiger partial charge in [-0.15, -0.1) is 0 Å². The molecule has 0 aliphatic rings. The number of thiazole rings is 1. The second kappa shape index (κ2) is 8.10. The van der Waals surface area contributed by atoms with Gasteiger partial charge in [0.2, 0.25) is 5.91 Å². The van der Waals surface area contributed by atoms with Crippen molar-refractivity contribution >= 4 is 44.5 Å². The van der Waals surface area contributed by atoms with Crippen LogP contribution in [0.5, 0.6) is 0 Å². The Bertz CT molecular complexity index is 1150. The minimum absolute atomic E-state index is 0.0367. The monoisotopic (exact) mass is 389 g/mol. The first-order chi connectivity index (χ1) is 13.7. The van der Waals surface area contributed by atoms with Crippen LogP contribution in [0.1, 0.15) is 6.42 Å². The largest absolute Gasteiger partial charge is 0.356 e. The van der Waals surface area contributed by atoms with Crippen LogP contribution in [0.25, 0.3) is 10.2 Å². The molecule has 0 aliphatic heterocycles. The molecule has 0 saturated carbocycles. The third kappa shape index (κ3) is 4.13. The van der Waals surface area contributed by atoms with E-state index in [9.17, 15) is 9.59 Å². The number of carbonyl (C=O) groups excluding carboxylic acids is 1. The fraction of sp³-hybridized carbons (Fsp3) is 0.0909. The maximum Gasteiger partial charge on any atom is 0.308 e. The van der Waals surface area contributed by atoms with E-state index < -0.39 is 0 Å². The lowest BCUT2D eigenvalue weighted by Crippen LogP contribution is -2.19. The third-order valence-corrected chi connectivity index (χ3v) is 5.33. The Morgan fingerprint density at radius 3 is 2.25 bits per heavy atom. The van der Waals surface area contributed by atoms with Crippen molar-refractivity contribution in [3.05, 3.63) is 88.5 Å². The summed E-state index contributed by atoms with van der Waals surface area (Å²) < 4.78 is 2.60. The van der Waals surface area contributed by atoms with Gasteiger partial charge in [-0.2, -0.15) is 0 Å². The Kier molecular flexibility index (Phi) is 5.21. The number of anilines is 3. The number of carbonyl (C=O) groups is 1. The van der Waals surface area contributed by atoms with Gasteiger partial charge in [-0.3, -0.25) is 14.2 Å². The van der Waals surface area contributed by atoms with Crippen LogP contribution in [0.2, 0.25) is 0 Å². The Hall–Kier alpha value is -3.38. The van der Waals surface area contributed by atoms with Crippen LogP contribution in [0.4, 0.5) is 17.1 Å². The highest BCUT2D eigenvalue weighted by molar-refractivity contribution is 7.16. The molecule has 3 aromatic carbocycles. The quantitative estimate of drug-likeness (QED) is 0.496. The smallest absolute Gasteiger partial charge is 0.308 e. The molecule has 140 valence electrons. The van der Waals surface area contributed by atoms with Crippen molar-refractivity contribution in [2.45, 2.75) is 13.0 Å². The van der Waals surface area contributed by atoms with Crippen LogP contribution in [0.3, 0.4) is 0 Å². The molecule has 1 heterocycles. The SMILES string of the molecule is O=C(CCn1c(=O)sc2ccccc21)Nc1ccc(Nc2ccccc2)cc1. The first kappa shape index (κ1) is 18.0.